The van der Waals surface area contributed by atoms with Crippen molar-refractivity contribution in [3.8, 4) is 16.9 Å². The number of nitrogens with one attached hydrogen (secondary N) is 1. The Kier molecular flexibility index (Phi) is 10.1. The number of aryl methyl sites for hydroxylation is 1. The minimum Gasteiger partial charge on any atom is -0.392 e. The van der Waals surface area contributed by atoms with Crippen molar-refractivity contribution >= 4 is 36.2 Å². The van der Waals surface area contributed by atoms with Crippen molar-refractivity contribution in [3.05, 3.63) is 92.8 Å². The fraction of sp³-hybridized carbons (Fsp3) is 0.432. The largest absolute Gasteiger partial charge is 0.392 e. The molecule has 0 amide bonds. The molecule has 0 bridgehead atoms. The Balaban J connectivity index is 0.00000448. The lowest BCUT2D eigenvalue weighted by molar-refractivity contribution is 0.0873. The molecule has 0 saturated carbocycles. The molecule has 13 nitrogen and oxygen atoms in total. The first-order valence-electron chi connectivity index (χ1n) is 17.1. The number of nitrogens with zero attached hydrogens (tertiary/aromatic N) is 8. The maximum absolute atomic E-state index is 13.8. The predicted molar refractivity (Wildman–Crippen MR) is 204 cm³/mol. The van der Waals surface area contributed by atoms with Gasteiger partial charge in [-0.1, -0.05) is 13.8 Å². The van der Waals surface area contributed by atoms with E-state index < -0.39 is 6.61 Å². The normalized spacial score (nSPS) is 17.7. The number of piperazine rings is 1. The van der Waals surface area contributed by atoms with Crippen LogP contribution in [0.25, 0.3) is 22.5 Å². The van der Waals surface area contributed by atoms with E-state index in [1.165, 1.54) is 9.25 Å². The van der Waals surface area contributed by atoms with Crippen molar-refractivity contribution in [2.24, 2.45) is 12.5 Å². The fourth-order valence-corrected chi connectivity index (χ4v) is 7.64. The van der Waals surface area contributed by atoms with E-state index in [1.54, 1.807) is 45.0 Å². The molecule has 2 aliphatic rings. The van der Waals surface area contributed by atoms with Gasteiger partial charge in [-0.2, -0.15) is 23.3 Å². The number of pyridine rings is 3. The summed E-state index contributed by atoms with van der Waals surface area (Å²) in [6.07, 6.45) is 8.54. The molecule has 1 aliphatic carbocycles. The lowest BCUT2D eigenvalue weighted by atomic mass is 9.90. The van der Waals surface area contributed by atoms with Gasteiger partial charge in [-0.3, -0.25) is 18.9 Å². The fourth-order valence-electron chi connectivity index (χ4n) is 7.64. The van der Waals surface area contributed by atoms with Crippen LogP contribution in [0.1, 0.15) is 44.5 Å². The zero-order chi connectivity index (χ0) is 35.3. The van der Waals surface area contributed by atoms with Crippen molar-refractivity contribution in [1.82, 2.24) is 33.6 Å². The Morgan fingerprint density at radius 2 is 1.90 bits per heavy atom. The van der Waals surface area contributed by atoms with Crippen molar-refractivity contribution in [3.63, 3.8) is 0 Å². The first-order chi connectivity index (χ1) is 24.0. The molecule has 0 spiro atoms. The van der Waals surface area contributed by atoms with E-state index >= 15 is 0 Å². The van der Waals surface area contributed by atoms with Crippen LogP contribution in [0.5, 0.6) is 0 Å². The Morgan fingerprint density at radius 1 is 1.10 bits per heavy atom. The topological polar surface area (TPSA) is 135 Å². The van der Waals surface area contributed by atoms with Gasteiger partial charge in [0.2, 0.25) is 0 Å². The van der Waals surface area contributed by atoms with Crippen LogP contribution < -0.4 is 21.3 Å². The van der Waals surface area contributed by atoms with E-state index in [0.29, 0.717) is 52.4 Å². The van der Waals surface area contributed by atoms with Gasteiger partial charge in [0, 0.05) is 75.1 Å². The van der Waals surface area contributed by atoms with Crippen molar-refractivity contribution < 1.29 is 9.84 Å². The van der Waals surface area contributed by atoms with Gasteiger partial charge in [0.15, 0.2) is 5.82 Å². The van der Waals surface area contributed by atoms with Crippen LogP contribution in [0.2, 0.25) is 0 Å². The van der Waals surface area contributed by atoms with Gasteiger partial charge >= 0.3 is 0 Å². The SMILES string of the molecule is COCC(C)N1CCN(c2ccc(Nc3cc(-c4ccnc(-n5ncn6c7c(cc6c5=O)CC(C)(C)C7)c4CO)cn(C)c3=O)nc2)[C@@H](C)C1.S. The highest BCUT2D eigenvalue weighted by molar-refractivity contribution is 7.59. The van der Waals surface area contributed by atoms with Gasteiger partial charge in [-0.25, -0.2) is 9.97 Å². The standard InChI is InChI=1S/C37H45N9O4.H2S/c1-23-18-43(24(2)21-50-6)11-12-44(23)27-7-8-33(39-17-27)41-30-13-26(19-42(5)35(30)48)28-9-10-38-34(29(28)20-47)46-36(49)31-14-25-15-37(3,4)16-32(25)45(31)22-40-46;/h7-10,13-14,17,19,22-24,47H,11-12,15-16,18,20-21H2,1-6H3,(H,39,41);1H2/t23-,24?;/m0./s1. The summed E-state index contributed by atoms with van der Waals surface area (Å²) in [6, 6.07) is 10.0. The molecule has 0 radical (unpaired) electrons. The van der Waals surface area contributed by atoms with Crippen LogP contribution in [-0.4, -0.2) is 84.2 Å². The molecule has 2 N–H and O–H groups in total. The molecule has 0 aromatic carbocycles. The molecule has 1 saturated heterocycles. The van der Waals surface area contributed by atoms with Crippen LogP contribution >= 0.6 is 13.5 Å². The summed E-state index contributed by atoms with van der Waals surface area (Å²) in [5.41, 5.74) is 5.44. The molecule has 14 heteroatoms. The van der Waals surface area contributed by atoms with Crippen LogP contribution in [-0.2, 0) is 31.2 Å². The third-order valence-corrected chi connectivity index (χ3v) is 10.2. The second kappa shape index (κ2) is 14.3. The summed E-state index contributed by atoms with van der Waals surface area (Å²) in [5.74, 6) is 0.773. The third kappa shape index (κ3) is 6.80. The molecule has 2 atom stereocenters. The molecule has 51 heavy (non-hydrogen) atoms. The second-order valence-electron chi connectivity index (χ2n) is 14.5. The minimum absolute atomic E-state index is 0. The molecular weight excluding hydrogens is 667 g/mol. The molecule has 7 rings (SSSR count). The molecule has 1 fully saturated rings. The quantitative estimate of drug-likeness (QED) is 0.233. The van der Waals surface area contributed by atoms with E-state index in [9.17, 15) is 14.7 Å². The first-order valence-corrected chi connectivity index (χ1v) is 17.1. The van der Waals surface area contributed by atoms with Crippen LogP contribution in [0.15, 0.2) is 64.8 Å². The van der Waals surface area contributed by atoms with Crippen molar-refractivity contribution in [2.45, 2.75) is 59.2 Å². The van der Waals surface area contributed by atoms with Gasteiger partial charge in [0.05, 0.1) is 25.1 Å². The number of aliphatic hydroxyl groups is 1. The third-order valence-electron chi connectivity index (χ3n) is 10.2. The minimum atomic E-state index is -0.393. The maximum atomic E-state index is 13.8. The molecule has 5 aromatic rings. The molecule has 5 aromatic heterocycles. The molecule has 1 aliphatic heterocycles. The van der Waals surface area contributed by atoms with E-state index in [-0.39, 0.29) is 35.8 Å². The smallest absolute Gasteiger partial charge is 0.297 e. The van der Waals surface area contributed by atoms with Crippen LogP contribution in [0.3, 0.4) is 0 Å². The Morgan fingerprint density at radius 3 is 2.61 bits per heavy atom. The summed E-state index contributed by atoms with van der Waals surface area (Å²) in [4.78, 5) is 41.0. The van der Waals surface area contributed by atoms with Crippen molar-refractivity contribution in [2.75, 3.05) is 43.6 Å². The number of aliphatic hydroxyl groups excluding tert-OH is 1. The average molecular weight is 714 g/mol. The molecule has 6 heterocycles. The lowest BCUT2D eigenvalue weighted by Gasteiger charge is -2.43. The number of aromatic nitrogens is 6. The zero-order valence-electron chi connectivity index (χ0n) is 30.1. The van der Waals surface area contributed by atoms with Gasteiger partial charge in [0.1, 0.15) is 23.3 Å². The van der Waals surface area contributed by atoms with Gasteiger partial charge < -0.3 is 24.6 Å². The number of ether oxygens (including phenoxy) is 1. The highest BCUT2D eigenvalue weighted by Crippen LogP contribution is 2.37. The number of hydrogen-bond acceptors (Lipinski definition) is 10. The Hall–Kier alpha value is -4.50. The molecule has 1 unspecified atom stereocenters. The predicted octanol–water partition coefficient (Wildman–Crippen LogP) is 3.66. The summed E-state index contributed by atoms with van der Waals surface area (Å²) in [5, 5.41) is 18.3. The summed E-state index contributed by atoms with van der Waals surface area (Å²) >= 11 is 0. The summed E-state index contributed by atoms with van der Waals surface area (Å²) in [7, 11) is 3.42. The molecule has 270 valence electrons. The van der Waals surface area contributed by atoms with Gasteiger partial charge in [-0.15, -0.1) is 0 Å². The lowest BCUT2D eigenvalue weighted by Crippen LogP contribution is -2.55. The summed E-state index contributed by atoms with van der Waals surface area (Å²) < 4.78 is 9.96. The number of methoxy groups -OCH3 is 1. The first kappa shape index (κ1) is 36.3. The molecular formula is C37H47N9O4S. The van der Waals surface area contributed by atoms with Crippen LogP contribution in [0, 0.1) is 5.41 Å². The maximum Gasteiger partial charge on any atom is 0.297 e. The Labute approximate surface area is 304 Å². The number of hydrogen-bond donors (Lipinski definition) is 2. The monoisotopic (exact) mass is 713 g/mol. The number of anilines is 3. The van der Waals surface area contributed by atoms with Gasteiger partial charge in [0.25, 0.3) is 11.1 Å². The van der Waals surface area contributed by atoms with Crippen molar-refractivity contribution in [1.29, 1.82) is 0 Å². The Bertz CT molecular complexity index is 2180. The van der Waals surface area contributed by atoms with E-state index in [2.05, 4.69) is 57.9 Å². The summed E-state index contributed by atoms with van der Waals surface area (Å²) in [6.45, 7) is 11.9. The average Bonchev–Trinajstić information content (AvgIpc) is 3.59. The highest BCUT2D eigenvalue weighted by Gasteiger charge is 2.32. The van der Waals surface area contributed by atoms with E-state index in [0.717, 1.165) is 49.4 Å². The van der Waals surface area contributed by atoms with Crippen LogP contribution in [0.4, 0.5) is 17.2 Å². The van der Waals surface area contributed by atoms with Gasteiger partial charge in [-0.05, 0) is 73.6 Å². The highest BCUT2D eigenvalue weighted by atomic mass is 32.1. The number of rotatable bonds is 9. The van der Waals surface area contributed by atoms with E-state index in [4.69, 9.17) is 4.74 Å². The zero-order valence-corrected chi connectivity index (χ0v) is 31.1. The number of fused-ring (bicyclic) bond motifs is 3. The van der Waals surface area contributed by atoms with E-state index in [1.807, 2.05) is 28.8 Å². The second-order valence-corrected chi connectivity index (χ2v) is 14.5.